The molecule has 1 aromatic carbocycles. The number of anilines is 1. The van der Waals surface area contributed by atoms with Crippen molar-refractivity contribution in [1.29, 1.82) is 0 Å². The van der Waals surface area contributed by atoms with E-state index in [1.807, 2.05) is 4.90 Å². The molecule has 1 aliphatic heterocycles. The monoisotopic (exact) mass is 302 g/mol. The highest BCUT2D eigenvalue weighted by Gasteiger charge is 2.26. The summed E-state index contributed by atoms with van der Waals surface area (Å²) in [5.74, 6) is 0.104. The Kier molecular flexibility index (Phi) is 4.29. The van der Waals surface area contributed by atoms with E-state index in [9.17, 15) is 9.59 Å². The van der Waals surface area contributed by atoms with Crippen LogP contribution in [0.1, 0.15) is 23.2 Å². The fourth-order valence-corrected chi connectivity index (χ4v) is 2.67. The molecule has 6 nitrogen and oxygen atoms in total. The van der Waals surface area contributed by atoms with Crippen LogP contribution in [-0.4, -0.2) is 60.4 Å². The van der Waals surface area contributed by atoms with E-state index in [0.29, 0.717) is 36.9 Å². The second-order valence-corrected chi connectivity index (χ2v) is 6.04. The van der Waals surface area contributed by atoms with Gasteiger partial charge in [-0.1, -0.05) is 6.07 Å². The summed E-state index contributed by atoms with van der Waals surface area (Å²) in [6.45, 7) is 3.17. The highest BCUT2D eigenvalue weighted by Crippen LogP contribution is 2.18. The molecule has 1 saturated carbocycles. The summed E-state index contributed by atoms with van der Waals surface area (Å²) in [5, 5.41) is 2.99. The van der Waals surface area contributed by atoms with Crippen LogP contribution in [0, 0.1) is 0 Å². The highest BCUT2D eigenvalue weighted by molar-refractivity contribution is 5.95. The van der Waals surface area contributed by atoms with Crippen LogP contribution in [0.4, 0.5) is 5.69 Å². The maximum absolute atomic E-state index is 12.4. The van der Waals surface area contributed by atoms with Gasteiger partial charge in [-0.3, -0.25) is 14.5 Å². The fourth-order valence-electron chi connectivity index (χ4n) is 2.67. The lowest BCUT2D eigenvalue weighted by Gasteiger charge is -2.34. The summed E-state index contributed by atoms with van der Waals surface area (Å²) < 4.78 is 0. The molecule has 1 aromatic rings. The zero-order valence-corrected chi connectivity index (χ0v) is 12.6. The summed E-state index contributed by atoms with van der Waals surface area (Å²) >= 11 is 0. The van der Waals surface area contributed by atoms with Gasteiger partial charge in [-0.25, -0.2) is 0 Å². The molecule has 6 heteroatoms. The SMILES string of the molecule is Nc1cccc(C(=O)N2CCN(CC(=O)NC3CC3)CC2)c1. The minimum absolute atomic E-state index is 0.00869. The average Bonchev–Trinajstić information content (AvgIpc) is 3.31. The van der Waals surface area contributed by atoms with Gasteiger partial charge in [0.25, 0.3) is 5.91 Å². The molecule has 1 heterocycles. The lowest BCUT2D eigenvalue weighted by atomic mass is 10.1. The number of piperazine rings is 1. The summed E-state index contributed by atoms with van der Waals surface area (Å²) in [7, 11) is 0. The number of hydrogen-bond acceptors (Lipinski definition) is 4. The van der Waals surface area contributed by atoms with Crippen LogP contribution in [0.5, 0.6) is 0 Å². The smallest absolute Gasteiger partial charge is 0.254 e. The van der Waals surface area contributed by atoms with E-state index in [0.717, 1.165) is 25.9 Å². The van der Waals surface area contributed by atoms with Crippen molar-refractivity contribution in [3.63, 3.8) is 0 Å². The number of nitrogen functional groups attached to an aromatic ring is 1. The molecular weight excluding hydrogens is 280 g/mol. The van der Waals surface area contributed by atoms with Crippen LogP contribution in [0.3, 0.4) is 0 Å². The standard InChI is InChI=1S/C16H22N4O2/c17-13-3-1-2-12(10-13)16(22)20-8-6-19(7-9-20)11-15(21)18-14-4-5-14/h1-3,10,14H,4-9,11,17H2,(H,18,21). The van der Waals surface area contributed by atoms with Gasteiger partial charge in [0, 0.05) is 43.5 Å². The van der Waals surface area contributed by atoms with Gasteiger partial charge in [0.1, 0.15) is 0 Å². The van der Waals surface area contributed by atoms with Crippen LogP contribution in [0.2, 0.25) is 0 Å². The van der Waals surface area contributed by atoms with Gasteiger partial charge in [-0.2, -0.15) is 0 Å². The van der Waals surface area contributed by atoms with Crippen molar-refractivity contribution >= 4 is 17.5 Å². The lowest BCUT2D eigenvalue weighted by Crippen LogP contribution is -2.51. The molecule has 1 saturated heterocycles. The largest absolute Gasteiger partial charge is 0.399 e. The predicted molar refractivity (Wildman–Crippen MR) is 84.4 cm³/mol. The van der Waals surface area contributed by atoms with Crippen LogP contribution >= 0.6 is 0 Å². The van der Waals surface area contributed by atoms with Gasteiger partial charge >= 0.3 is 0 Å². The Bertz CT molecular complexity index is 563. The van der Waals surface area contributed by atoms with Crippen LogP contribution in [0.25, 0.3) is 0 Å². The second kappa shape index (κ2) is 6.36. The molecular formula is C16H22N4O2. The summed E-state index contributed by atoms with van der Waals surface area (Å²) in [4.78, 5) is 28.1. The first-order chi connectivity index (χ1) is 10.6. The van der Waals surface area contributed by atoms with E-state index in [1.165, 1.54) is 0 Å². The second-order valence-electron chi connectivity index (χ2n) is 6.04. The first-order valence-corrected chi connectivity index (χ1v) is 7.78. The normalized spacial score (nSPS) is 19.0. The van der Waals surface area contributed by atoms with Crippen molar-refractivity contribution in [2.24, 2.45) is 0 Å². The molecule has 2 fully saturated rings. The number of amides is 2. The van der Waals surface area contributed by atoms with Gasteiger partial charge < -0.3 is 16.0 Å². The van der Waals surface area contributed by atoms with Crippen LogP contribution < -0.4 is 11.1 Å². The zero-order chi connectivity index (χ0) is 15.5. The maximum atomic E-state index is 12.4. The third-order valence-electron chi connectivity index (χ3n) is 4.10. The quantitative estimate of drug-likeness (QED) is 0.784. The lowest BCUT2D eigenvalue weighted by molar-refractivity contribution is -0.122. The molecule has 0 unspecified atom stereocenters. The Balaban J connectivity index is 1.48. The number of carbonyl (C=O) groups is 2. The van der Waals surface area contributed by atoms with Crippen LogP contribution in [0.15, 0.2) is 24.3 Å². The Morgan fingerprint density at radius 1 is 1.18 bits per heavy atom. The summed E-state index contributed by atoms with van der Waals surface area (Å²) in [5.41, 5.74) is 6.95. The Hall–Kier alpha value is -2.08. The van der Waals surface area contributed by atoms with Crippen molar-refractivity contribution < 1.29 is 9.59 Å². The van der Waals surface area contributed by atoms with Crippen molar-refractivity contribution in [1.82, 2.24) is 15.1 Å². The number of carbonyl (C=O) groups excluding carboxylic acids is 2. The van der Waals surface area contributed by atoms with Gasteiger partial charge in [-0.05, 0) is 31.0 Å². The van der Waals surface area contributed by atoms with E-state index in [4.69, 9.17) is 5.73 Å². The molecule has 0 spiro atoms. The molecule has 0 bridgehead atoms. The number of nitrogens with one attached hydrogen (secondary N) is 1. The van der Waals surface area contributed by atoms with Gasteiger partial charge in [-0.15, -0.1) is 0 Å². The topological polar surface area (TPSA) is 78.7 Å². The number of rotatable bonds is 4. The van der Waals surface area contributed by atoms with Gasteiger partial charge in [0.2, 0.25) is 5.91 Å². The minimum atomic E-state index is 0.00869. The van der Waals surface area contributed by atoms with Gasteiger partial charge in [0.05, 0.1) is 6.54 Å². The first kappa shape index (κ1) is 14.8. The van der Waals surface area contributed by atoms with Crippen molar-refractivity contribution in [3.8, 4) is 0 Å². The van der Waals surface area contributed by atoms with Crippen molar-refractivity contribution in [2.45, 2.75) is 18.9 Å². The first-order valence-electron chi connectivity index (χ1n) is 7.78. The predicted octanol–water partition coefficient (Wildman–Crippen LogP) is 0.305. The fraction of sp³-hybridized carbons (Fsp3) is 0.500. The van der Waals surface area contributed by atoms with Crippen molar-refractivity contribution in [2.75, 3.05) is 38.5 Å². The molecule has 2 amide bonds. The molecule has 3 rings (SSSR count). The number of benzene rings is 1. The zero-order valence-electron chi connectivity index (χ0n) is 12.6. The highest BCUT2D eigenvalue weighted by atomic mass is 16.2. The molecule has 2 aliphatic rings. The van der Waals surface area contributed by atoms with E-state index in [-0.39, 0.29) is 11.8 Å². The molecule has 22 heavy (non-hydrogen) atoms. The average molecular weight is 302 g/mol. The third-order valence-corrected chi connectivity index (χ3v) is 4.10. The summed E-state index contributed by atoms with van der Waals surface area (Å²) in [6.07, 6.45) is 2.21. The third kappa shape index (κ3) is 3.76. The Labute approximate surface area is 130 Å². The van der Waals surface area contributed by atoms with Crippen molar-refractivity contribution in [3.05, 3.63) is 29.8 Å². The molecule has 1 aliphatic carbocycles. The van der Waals surface area contributed by atoms with E-state index < -0.39 is 0 Å². The maximum Gasteiger partial charge on any atom is 0.254 e. The Morgan fingerprint density at radius 3 is 2.55 bits per heavy atom. The number of hydrogen-bond donors (Lipinski definition) is 2. The van der Waals surface area contributed by atoms with E-state index in [1.54, 1.807) is 24.3 Å². The molecule has 118 valence electrons. The Morgan fingerprint density at radius 2 is 1.91 bits per heavy atom. The molecule has 3 N–H and O–H groups in total. The van der Waals surface area contributed by atoms with Gasteiger partial charge in [0.15, 0.2) is 0 Å². The number of nitrogens with zero attached hydrogens (tertiary/aromatic N) is 2. The van der Waals surface area contributed by atoms with E-state index >= 15 is 0 Å². The minimum Gasteiger partial charge on any atom is -0.399 e. The van der Waals surface area contributed by atoms with E-state index in [2.05, 4.69) is 10.2 Å². The molecule has 0 aromatic heterocycles. The number of nitrogens with two attached hydrogens (primary N) is 1. The molecule has 0 atom stereocenters. The summed E-state index contributed by atoms with van der Waals surface area (Å²) in [6, 6.07) is 7.46. The molecule has 0 radical (unpaired) electrons. The van der Waals surface area contributed by atoms with Crippen LogP contribution in [-0.2, 0) is 4.79 Å².